The molecule has 0 aliphatic heterocycles. The molecule has 17 heavy (non-hydrogen) atoms. The van der Waals surface area contributed by atoms with Crippen molar-refractivity contribution >= 4 is 5.96 Å². The summed E-state index contributed by atoms with van der Waals surface area (Å²) in [6.07, 6.45) is 0. The number of nitrogens with two attached hydrogens (primary N) is 1. The molecular formula is C13H18N4. The average molecular weight is 230 g/mol. The zero-order valence-electron chi connectivity index (χ0n) is 10.5. The van der Waals surface area contributed by atoms with E-state index in [2.05, 4.69) is 11.1 Å². The van der Waals surface area contributed by atoms with E-state index in [-0.39, 0.29) is 6.04 Å². The number of benzene rings is 1. The van der Waals surface area contributed by atoms with Gasteiger partial charge >= 0.3 is 0 Å². The molecule has 0 heterocycles. The molecule has 2 N–H and O–H groups in total. The quantitative estimate of drug-likeness (QED) is 0.635. The Morgan fingerprint density at radius 2 is 2.24 bits per heavy atom. The Morgan fingerprint density at radius 1 is 1.53 bits per heavy atom. The molecule has 0 saturated carbocycles. The molecule has 0 saturated heterocycles. The fourth-order valence-electron chi connectivity index (χ4n) is 1.46. The molecule has 0 amide bonds. The van der Waals surface area contributed by atoms with Crippen molar-refractivity contribution in [3.63, 3.8) is 0 Å². The van der Waals surface area contributed by atoms with E-state index in [0.29, 0.717) is 18.1 Å². The van der Waals surface area contributed by atoms with Gasteiger partial charge in [0.25, 0.3) is 0 Å². The third-order valence-corrected chi connectivity index (χ3v) is 2.26. The molecule has 0 bridgehead atoms. The Balaban J connectivity index is 2.74. The molecule has 0 radical (unpaired) electrons. The zero-order chi connectivity index (χ0) is 12.8. The van der Waals surface area contributed by atoms with Gasteiger partial charge in [-0.3, -0.25) is 4.99 Å². The fourth-order valence-corrected chi connectivity index (χ4v) is 1.46. The molecule has 0 aliphatic carbocycles. The minimum absolute atomic E-state index is 0.183. The van der Waals surface area contributed by atoms with Crippen LogP contribution in [0.5, 0.6) is 0 Å². The highest BCUT2D eigenvalue weighted by Crippen LogP contribution is 2.06. The van der Waals surface area contributed by atoms with E-state index >= 15 is 0 Å². The third-order valence-electron chi connectivity index (χ3n) is 2.26. The number of aliphatic imine (C=N–C) groups is 1. The Kier molecular flexibility index (Phi) is 4.53. The summed E-state index contributed by atoms with van der Waals surface area (Å²) in [6, 6.07) is 9.80. The number of guanidine groups is 1. The smallest absolute Gasteiger partial charge is 0.191 e. The first kappa shape index (κ1) is 13.0. The van der Waals surface area contributed by atoms with Crippen molar-refractivity contribution in [2.24, 2.45) is 10.7 Å². The monoisotopic (exact) mass is 230 g/mol. The van der Waals surface area contributed by atoms with Gasteiger partial charge in [-0.15, -0.1) is 0 Å². The maximum atomic E-state index is 8.81. The van der Waals surface area contributed by atoms with Crippen LogP contribution in [0.2, 0.25) is 0 Å². The van der Waals surface area contributed by atoms with E-state index in [9.17, 15) is 0 Å². The number of rotatable bonds is 3. The maximum absolute atomic E-state index is 8.81. The molecule has 90 valence electrons. The zero-order valence-corrected chi connectivity index (χ0v) is 10.5. The maximum Gasteiger partial charge on any atom is 0.191 e. The first-order valence-corrected chi connectivity index (χ1v) is 5.56. The van der Waals surface area contributed by atoms with Gasteiger partial charge < -0.3 is 10.6 Å². The highest BCUT2D eigenvalue weighted by molar-refractivity contribution is 5.77. The van der Waals surface area contributed by atoms with Crippen molar-refractivity contribution in [3.05, 3.63) is 35.4 Å². The molecule has 4 heteroatoms. The van der Waals surface area contributed by atoms with Crippen molar-refractivity contribution < 1.29 is 0 Å². The normalized spacial score (nSPS) is 11.4. The number of hydrogen-bond donors (Lipinski definition) is 1. The van der Waals surface area contributed by atoms with Crippen LogP contribution in [0, 0.1) is 11.3 Å². The van der Waals surface area contributed by atoms with Crippen molar-refractivity contribution in [2.45, 2.75) is 26.4 Å². The van der Waals surface area contributed by atoms with E-state index in [4.69, 9.17) is 11.0 Å². The molecule has 1 aromatic carbocycles. The van der Waals surface area contributed by atoms with E-state index in [1.54, 1.807) is 6.07 Å². The summed E-state index contributed by atoms with van der Waals surface area (Å²) in [5.41, 5.74) is 7.56. The summed E-state index contributed by atoms with van der Waals surface area (Å²) in [5.74, 6) is 0.516. The van der Waals surface area contributed by atoms with Gasteiger partial charge in [-0.2, -0.15) is 5.26 Å². The first-order chi connectivity index (χ1) is 8.02. The molecule has 4 nitrogen and oxygen atoms in total. The van der Waals surface area contributed by atoms with Crippen LogP contribution < -0.4 is 5.73 Å². The van der Waals surface area contributed by atoms with Crippen LogP contribution in [0.25, 0.3) is 0 Å². The highest BCUT2D eigenvalue weighted by Gasteiger charge is 2.04. The van der Waals surface area contributed by atoms with Gasteiger partial charge in [-0.25, -0.2) is 0 Å². The topological polar surface area (TPSA) is 65.4 Å². The molecular weight excluding hydrogens is 212 g/mol. The number of nitriles is 1. The largest absolute Gasteiger partial charge is 0.370 e. The third kappa shape index (κ3) is 4.15. The highest BCUT2D eigenvalue weighted by atomic mass is 15.2. The van der Waals surface area contributed by atoms with Gasteiger partial charge in [0.05, 0.1) is 11.6 Å². The minimum Gasteiger partial charge on any atom is -0.370 e. The number of nitrogens with zero attached hydrogens (tertiary/aromatic N) is 3. The molecule has 1 rings (SSSR count). The van der Waals surface area contributed by atoms with Crippen LogP contribution in [0.15, 0.2) is 29.3 Å². The van der Waals surface area contributed by atoms with E-state index < -0.39 is 0 Å². The second kappa shape index (κ2) is 5.90. The van der Waals surface area contributed by atoms with Crippen LogP contribution in [-0.4, -0.2) is 23.9 Å². The van der Waals surface area contributed by atoms with Crippen LogP contribution in [-0.2, 0) is 6.54 Å². The van der Waals surface area contributed by atoms with Crippen LogP contribution in [0.4, 0.5) is 0 Å². The van der Waals surface area contributed by atoms with Gasteiger partial charge in [0, 0.05) is 19.6 Å². The Hall–Kier alpha value is -2.02. The van der Waals surface area contributed by atoms with Gasteiger partial charge in [-0.05, 0) is 31.5 Å². The second-order valence-electron chi connectivity index (χ2n) is 4.25. The minimum atomic E-state index is 0.183. The predicted octanol–water partition coefficient (Wildman–Crippen LogP) is 1.71. The summed E-state index contributed by atoms with van der Waals surface area (Å²) in [6.45, 7) is 4.62. The summed E-state index contributed by atoms with van der Waals surface area (Å²) in [7, 11) is 1.89. The van der Waals surface area contributed by atoms with Crippen molar-refractivity contribution in [3.8, 4) is 6.07 Å². The van der Waals surface area contributed by atoms with Gasteiger partial charge in [0.15, 0.2) is 5.96 Å². The summed E-state index contributed by atoms with van der Waals surface area (Å²) >= 11 is 0. The van der Waals surface area contributed by atoms with E-state index in [1.807, 2.05) is 44.0 Å². The Morgan fingerprint density at radius 3 is 2.82 bits per heavy atom. The molecule has 0 atom stereocenters. The van der Waals surface area contributed by atoms with Crippen molar-refractivity contribution in [1.82, 2.24) is 4.90 Å². The molecule has 0 aliphatic rings. The lowest BCUT2D eigenvalue weighted by Crippen LogP contribution is -2.34. The lowest BCUT2D eigenvalue weighted by molar-refractivity contribution is 0.489. The Labute approximate surface area is 102 Å². The van der Waals surface area contributed by atoms with Gasteiger partial charge in [0.1, 0.15) is 0 Å². The summed E-state index contributed by atoms with van der Waals surface area (Å²) in [4.78, 5) is 6.14. The Bertz CT molecular complexity index is 443. The van der Waals surface area contributed by atoms with E-state index in [0.717, 1.165) is 5.56 Å². The SMILES string of the molecule is CC(C)N=C(N)N(C)Cc1cccc(C#N)c1. The van der Waals surface area contributed by atoms with Gasteiger partial charge in [-0.1, -0.05) is 12.1 Å². The standard InChI is InChI=1S/C13H18N4/c1-10(2)16-13(15)17(3)9-12-6-4-5-11(7-12)8-14/h4-7,10H,9H2,1-3H3,(H2,15,16). The molecule has 0 spiro atoms. The predicted molar refractivity (Wildman–Crippen MR) is 69.4 cm³/mol. The van der Waals surface area contributed by atoms with E-state index in [1.165, 1.54) is 0 Å². The van der Waals surface area contributed by atoms with Crippen LogP contribution in [0.3, 0.4) is 0 Å². The molecule has 0 fully saturated rings. The lowest BCUT2D eigenvalue weighted by atomic mass is 10.1. The summed E-state index contributed by atoms with van der Waals surface area (Å²) in [5, 5.41) is 8.81. The second-order valence-corrected chi connectivity index (χ2v) is 4.25. The lowest BCUT2D eigenvalue weighted by Gasteiger charge is -2.18. The summed E-state index contributed by atoms with van der Waals surface area (Å²) < 4.78 is 0. The van der Waals surface area contributed by atoms with Gasteiger partial charge in [0.2, 0.25) is 0 Å². The van der Waals surface area contributed by atoms with Crippen LogP contribution >= 0.6 is 0 Å². The first-order valence-electron chi connectivity index (χ1n) is 5.56. The number of hydrogen-bond acceptors (Lipinski definition) is 2. The average Bonchev–Trinajstić information content (AvgIpc) is 2.28. The van der Waals surface area contributed by atoms with Crippen molar-refractivity contribution in [2.75, 3.05) is 7.05 Å². The molecule has 1 aromatic rings. The molecule has 0 unspecified atom stereocenters. The molecule has 0 aromatic heterocycles. The van der Waals surface area contributed by atoms with Crippen LogP contribution in [0.1, 0.15) is 25.0 Å². The fraction of sp³-hybridized carbons (Fsp3) is 0.385. The van der Waals surface area contributed by atoms with Crippen molar-refractivity contribution in [1.29, 1.82) is 5.26 Å².